The molecule has 3 rings (SSSR count). The van der Waals surface area contributed by atoms with Crippen molar-refractivity contribution in [2.75, 3.05) is 5.75 Å². The number of hydrogen-bond donors (Lipinski definition) is 3. The van der Waals surface area contributed by atoms with E-state index in [4.69, 9.17) is 11.5 Å². The molecule has 0 bridgehead atoms. The lowest BCUT2D eigenvalue weighted by Crippen LogP contribution is -2.34. The summed E-state index contributed by atoms with van der Waals surface area (Å²) in [5, 5.41) is 9.79. The van der Waals surface area contributed by atoms with Crippen molar-refractivity contribution in [2.45, 2.75) is 37.8 Å². The Hall–Kier alpha value is -2.38. The van der Waals surface area contributed by atoms with E-state index in [0.29, 0.717) is 29.1 Å². The van der Waals surface area contributed by atoms with E-state index < -0.39 is 11.6 Å². The van der Waals surface area contributed by atoms with Crippen molar-refractivity contribution in [3.8, 4) is 5.75 Å². The van der Waals surface area contributed by atoms with E-state index in [9.17, 15) is 14.3 Å². The topological polar surface area (TPSA) is 102 Å². The predicted molar refractivity (Wildman–Crippen MR) is 111 cm³/mol. The van der Waals surface area contributed by atoms with Crippen molar-refractivity contribution in [3.05, 3.63) is 65.0 Å². The van der Waals surface area contributed by atoms with Crippen molar-refractivity contribution in [1.29, 1.82) is 0 Å². The third-order valence-electron chi connectivity index (χ3n) is 4.99. The highest BCUT2D eigenvalue weighted by atomic mass is 32.2. The first kappa shape index (κ1) is 20.4. The van der Waals surface area contributed by atoms with E-state index in [0.717, 1.165) is 11.3 Å². The first-order valence-corrected chi connectivity index (χ1v) is 10.1. The summed E-state index contributed by atoms with van der Waals surface area (Å²) in [6.07, 6.45) is 1.17. The highest BCUT2D eigenvalue weighted by Crippen LogP contribution is 2.36. The molecule has 28 heavy (non-hydrogen) atoms. The number of aromatic hydroxyl groups is 1. The van der Waals surface area contributed by atoms with Crippen LogP contribution in [0.25, 0.3) is 0 Å². The first-order valence-electron chi connectivity index (χ1n) is 9.10. The fourth-order valence-electron chi connectivity index (χ4n) is 3.31. The van der Waals surface area contributed by atoms with Crippen LogP contribution in [-0.2, 0) is 23.2 Å². The minimum absolute atomic E-state index is 0.122. The quantitative estimate of drug-likeness (QED) is 0.691. The van der Waals surface area contributed by atoms with Crippen LogP contribution in [0.3, 0.4) is 0 Å². The number of nitrogens with two attached hydrogens (primary N) is 2. The Morgan fingerprint density at radius 1 is 1.29 bits per heavy atom. The van der Waals surface area contributed by atoms with Gasteiger partial charge in [0, 0.05) is 17.7 Å². The van der Waals surface area contributed by atoms with Gasteiger partial charge in [-0.15, -0.1) is 0 Å². The van der Waals surface area contributed by atoms with Gasteiger partial charge in [0.2, 0.25) is 0 Å². The molecule has 7 heteroatoms. The lowest BCUT2D eigenvalue weighted by Gasteiger charge is -2.30. The standard InChI is InChI=1S/C21H24FN3O2S/c1-21(8-9-28-20(24)25-21)16-10-14(4-7-17(16)22)12-19(27)18(23)11-13-2-5-15(26)6-3-13/h2-7,10,18,26H,8-9,11-12,23H2,1H3,(H2,24,25)/t18-,21-/m0/s1. The number of benzene rings is 2. The van der Waals surface area contributed by atoms with Crippen LogP contribution in [0.5, 0.6) is 5.75 Å². The number of carbonyl (C=O) groups excluding carboxylic acids is 1. The molecule has 5 nitrogen and oxygen atoms in total. The fraction of sp³-hybridized carbons (Fsp3) is 0.333. The molecule has 5 N–H and O–H groups in total. The Labute approximate surface area is 168 Å². The maximum atomic E-state index is 14.5. The Morgan fingerprint density at radius 3 is 2.64 bits per heavy atom. The maximum absolute atomic E-state index is 14.5. The highest BCUT2D eigenvalue weighted by molar-refractivity contribution is 8.13. The second-order valence-electron chi connectivity index (χ2n) is 7.26. The van der Waals surface area contributed by atoms with Gasteiger partial charge in [-0.3, -0.25) is 9.79 Å². The predicted octanol–water partition coefficient (Wildman–Crippen LogP) is 2.88. The average molecular weight is 402 g/mol. The summed E-state index contributed by atoms with van der Waals surface area (Å²) in [6, 6.07) is 10.6. The van der Waals surface area contributed by atoms with Crippen molar-refractivity contribution in [1.82, 2.24) is 0 Å². The normalized spacial score (nSPS) is 20.5. The second kappa shape index (κ2) is 8.32. The molecule has 1 heterocycles. The number of phenolic OH excluding ortho intramolecular Hbond substituents is 1. The summed E-state index contributed by atoms with van der Waals surface area (Å²) in [6.45, 7) is 1.86. The fourth-order valence-corrected chi connectivity index (χ4v) is 4.28. The molecule has 0 aliphatic carbocycles. The van der Waals surface area contributed by atoms with Gasteiger partial charge in [-0.25, -0.2) is 4.39 Å². The lowest BCUT2D eigenvalue weighted by atomic mass is 9.87. The molecular weight excluding hydrogens is 377 g/mol. The van der Waals surface area contributed by atoms with Crippen molar-refractivity contribution >= 4 is 22.7 Å². The summed E-state index contributed by atoms with van der Waals surface area (Å²) in [4.78, 5) is 17.0. The van der Waals surface area contributed by atoms with Gasteiger partial charge >= 0.3 is 0 Å². The summed E-state index contributed by atoms with van der Waals surface area (Å²) >= 11 is 1.46. The molecule has 1 aliphatic heterocycles. The third-order valence-corrected chi connectivity index (χ3v) is 5.79. The SMILES string of the molecule is C[C@@]1(c2cc(CC(=O)[C@@H](N)Cc3ccc(O)cc3)ccc2F)CCSC(N)=N1. The van der Waals surface area contributed by atoms with Crippen LogP contribution in [0, 0.1) is 5.82 Å². The van der Waals surface area contributed by atoms with Crippen molar-refractivity contribution in [2.24, 2.45) is 16.5 Å². The van der Waals surface area contributed by atoms with E-state index in [1.54, 1.807) is 36.4 Å². The number of aliphatic imine (C=N–C) groups is 1. The first-order chi connectivity index (χ1) is 13.3. The van der Waals surface area contributed by atoms with Crippen LogP contribution in [0.15, 0.2) is 47.5 Å². The molecule has 0 saturated carbocycles. The minimum Gasteiger partial charge on any atom is -0.508 e. The number of hydrogen-bond acceptors (Lipinski definition) is 6. The van der Waals surface area contributed by atoms with E-state index in [1.807, 2.05) is 6.92 Å². The molecular formula is C21H24FN3O2S. The van der Waals surface area contributed by atoms with E-state index in [-0.39, 0.29) is 23.8 Å². The van der Waals surface area contributed by atoms with Gasteiger partial charge < -0.3 is 16.6 Å². The highest BCUT2D eigenvalue weighted by Gasteiger charge is 2.32. The molecule has 1 aliphatic rings. The number of carbonyl (C=O) groups is 1. The van der Waals surface area contributed by atoms with Gasteiger partial charge in [-0.2, -0.15) is 0 Å². The number of nitrogens with zero attached hydrogens (tertiary/aromatic N) is 1. The molecule has 0 amide bonds. The zero-order valence-electron chi connectivity index (χ0n) is 15.7. The number of ketones is 1. The van der Waals surface area contributed by atoms with Crippen LogP contribution in [0.4, 0.5) is 4.39 Å². The number of amidine groups is 1. The Kier molecular flexibility index (Phi) is 6.05. The zero-order chi connectivity index (χ0) is 20.3. The molecule has 148 valence electrons. The Balaban J connectivity index is 1.74. The molecule has 0 radical (unpaired) electrons. The smallest absolute Gasteiger partial charge is 0.154 e. The molecule has 2 atom stereocenters. The average Bonchev–Trinajstić information content (AvgIpc) is 2.64. The van der Waals surface area contributed by atoms with Crippen molar-refractivity contribution in [3.63, 3.8) is 0 Å². The van der Waals surface area contributed by atoms with Gasteiger partial charge in [0.15, 0.2) is 11.0 Å². The number of phenols is 1. The summed E-state index contributed by atoms with van der Waals surface area (Å²) in [5.41, 5.74) is 13.2. The van der Waals surface area contributed by atoms with Crippen LogP contribution in [0.2, 0.25) is 0 Å². The van der Waals surface area contributed by atoms with E-state index in [1.165, 1.54) is 17.8 Å². The number of thioether (sulfide) groups is 1. The maximum Gasteiger partial charge on any atom is 0.154 e. The zero-order valence-corrected chi connectivity index (χ0v) is 16.5. The largest absolute Gasteiger partial charge is 0.508 e. The monoisotopic (exact) mass is 401 g/mol. The van der Waals surface area contributed by atoms with Crippen LogP contribution < -0.4 is 11.5 Å². The molecule has 0 aromatic heterocycles. The molecule has 2 aromatic rings. The molecule has 0 fully saturated rings. The molecule has 0 saturated heterocycles. The van der Waals surface area contributed by atoms with Crippen LogP contribution in [0.1, 0.15) is 30.0 Å². The summed E-state index contributed by atoms with van der Waals surface area (Å²) in [7, 11) is 0. The Morgan fingerprint density at radius 2 is 1.96 bits per heavy atom. The van der Waals surface area contributed by atoms with Crippen LogP contribution >= 0.6 is 11.8 Å². The van der Waals surface area contributed by atoms with Gasteiger partial charge in [-0.1, -0.05) is 36.0 Å². The second-order valence-corrected chi connectivity index (χ2v) is 8.37. The molecule has 0 unspecified atom stereocenters. The number of halogens is 1. The van der Waals surface area contributed by atoms with Gasteiger partial charge in [-0.05, 0) is 49.1 Å². The summed E-state index contributed by atoms with van der Waals surface area (Å²) in [5.74, 6) is 0.459. The Bertz CT molecular complexity index is 901. The lowest BCUT2D eigenvalue weighted by molar-refractivity contribution is -0.119. The van der Waals surface area contributed by atoms with Crippen molar-refractivity contribution < 1.29 is 14.3 Å². The minimum atomic E-state index is -0.730. The third kappa shape index (κ3) is 4.72. The van der Waals surface area contributed by atoms with Gasteiger partial charge in [0.25, 0.3) is 0 Å². The van der Waals surface area contributed by atoms with Gasteiger partial charge in [0.05, 0.1) is 11.6 Å². The van der Waals surface area contributed by atoms with Crippen LogP contribution in [-0.4, -0.2) is 27.9 Å². The molecule has 2 aromatic carbocycles. The number of rotatable bonds is 6. The van der Waals surface area contributed by atoms with E-state index in [2.05, 4.69) is 4.99 Å². The van der Waals surface area contributed by atoms with Gasteiger partial charge in [0.1, 0.15) is 11.6 Å². The number of Topliss-reactive ketones (excluding diaryl/α,β-unsaturated/α-hetero) is 1. The van der Waals surface area contributed by atoms with E-state index >= 15 is 0 Å². The molecule has 0 spiro atoms. The summed E-state index contributed by atoms with van der Waals surface area (Å²) < 4.78 is 14.5.